The number of aromatic nitrogens is 3. The second-order valence-corrected chi connectivity index (χ2v) is 7.41. The molecule has 0 atom stereocenters. The largest absolute Gasteiger partial charge is 0.332 e. The number of hydrogen-bond acceptors (Lipinski definition) is 6. The maximum Gasteiger partial charge on any atom is 0.276 e. The number of aryl methyl sites for hydroxylation is 1. The van der Waals surface area contributed by atoms with Crippen LogP contribution in [0.5, 0.6) is 0 Å². The van der Waals surface area contributed by atoms with Crippen LogP contribution in [-0.2, 0) is 6.42 Å². The first-order chi connectivity index (χ1) is 11.3. The molecule has 0 aliphatic heterocycles. The van der Waals surface area contributed by atoms with Crippen molar-refractivity contribution >= 4 is 22.7 Å². The van der Waals surface area contributed by atoms with Crippen molar-refractivity contribution in [3.8, 4) is 22.2 Å². The maximum absolute atomic E-state index is 5.39. The molecule has 4 nitrogen and oxygen atoms in total. The molecule has 0 radical (unpaired) electrons. The van der Waals surface area contributed by atoms with Crippen molar-refractivity contribution in [1.82, 2.24) is 15.1 Å². The van der Waals surface area contributed by atoms with Crippen molar-refractivity contribution in [2.75, 3.05) is 0 Å². The van der Waals surface area contributed by atoms with Crippen molar-refractivity contribution in [3.05, 3.63) is 63.4 Å². The minimum atomic E-state index is 0.465. The number of hydrogen-bond donors (Lipinski definition) is 0. The average molecular weight is 339 g/mol. The summed E-state index contributed by atoms with van der Waals surface area (Å²) >= 11 is 3.41. The third-order valence-corrected chi connectivity index (χ3v) is 5.23. The highest BCUT2D eigenvalue weighted by Gasteiger charge is 2.12. The van der Waals surface area contributed by atoms with Crippen LogP contribution in [0.1, 0.15) is 15.6 Å². The molecule has 0 aliphatic carbocycles. The highest BCUT2D eigenvalue weighted by atomic mass is 32.1. The summed E-state index contributed by atoms with van der Waals surface area (Å²) < 4.78 is 5.39. The van der Waals surface area contributed by atoms with Crippen molar-refractivity contribution in [2.24, 2.45) is 0 Å². The van der Waals surface area contributed by atoms with Gasteiger partial charge in [0.25, 0.3) is 5.89 Å². The molecule has 0 aromatic carbocycles. The summed E-state index contributed by atoms with van der Waals surface area (Å²) in [5.74, 6) is 1.15. The van der Waals surface area contributed by atoms with Gasteiger partial charge in [-0.25, -0.2) is 4.98 Å². The molecule has 114 valence electrons. The minimum absolute atomic E-state index is 0.465. The Hall–Kier alpha value is -2.31. The van der Waals surface area contributed by atoms with E-state index in [1.165, 1.54) is 9.75 Å². The van der Waals surface area contributed by atoms with E-state index in [2.05, 4.69) is 40.2 Å². The average Bonchev–Trinajstić information content (AvgIpc) is 3.30. The van der Waals surface area contributed by atoms with E-state index < -0.39 is 0 Å². The lowest BCUT2D eigenvalue weighted by molar-refractivity contribution is 0.423. The zero-order valence-electron chi connectivity index (χ0n) is 12.4. The molecule has 0 saturated carbocycles. The Morgan fingerprint density at radius 1 is 1.00 bits per heavy atom. The predicted molar refractivity (Wildman–Crippen MR) is 92.7 cm³/mol. The van der Waals surface area contributed by atoms with E-state index in [4.69, 9.17) is 4.52 Å². The molecule has 0 N–H and O–H groups in total. The summed E-state index contributed by atoms with van der Waals surface area (Å²) in [4.78, 5) is 12.7. The van der Waals surface area contributed by atoms with E-state index in [-0.39, 0.29) is 0 Å². The molecule has 6 heteroatoms. The molecule has 4 aromatic heterocycles. The van der Waals surface area contributed by atoms with Crippen LogP contribution in [0.3, 0.4) is 0 Å². The lowest BCUT2D eigenvalue weighted by atomic mass is 10.2. The van der Waals surface area contributed by atoms with Gasteiger partial charge in [0, 0.05) is 16.2 Å². The quantitative estimate of drug-likeness (QED) is 0.535. The molecule has 0 saturated heterocycles. The molecule has 0 bridgehead atoms. The van der Waals surface area contributed by atoms with Gasteiger partial charge in [-0.2, -0.15) is 4.98 Å². The molecule has 0 fully saturated rings. The van der Waals surface area contributed by atoms with Crippen LogP contribution >= 0.6 is 22.7 Å². The molecular weight excluding hydrogens is 326 g/mol. The van der Waals surface area contributed by atoms with Gasteiger partial charge >= 0.3 is 0 Å². The second kappa shape index (κ2) is 6.06. The van der Waals surface area contributed by atoms with Crippen molar-refractivity contribution < 1.29 is 4.52 Å². The summed E-state index contributed by atoms with van der Waals surface area (Å²) in [7, 11) is 0. The normalized spacial score (nSPS) is 11.0. The third kappa shape index (κ3) is 3.09. The summed E-state index contributed by atoms with van der Waals surface area (Å²) in [5, 5.41) is 6.11. The van der Waals surface area contributed by atoms with Crippen LogP contribution in [0.4, 0.5) is 0 Å². The first kappa shape index (κ1) is 14.3. The summed E-state index contributed by atoms with van der Waals surface area (Å²) in [6.45, 7) is 2.09. The summed E-state index contributed by atoms with van der Waals surface area (Å²) in [6, 6.07) is 14.1. The predicted octanol–water partition coefficient (Wildman–Crippen LogP) is 4.82. The number of nitrogens with zero attached hydrogens (tertiary/aromatic N) is 3. The summed E-state index contributed by atoms with van der Waals surface area (Å²) in [6.07, 6.45) is 0.687. The summed E-state index contributed by atoms with van der Waals surface area (Å²) in [5.41, 5.74) is 1.63. The third-order valence-electron chi connectivity index (χ3n) is 3.34. The molecule has 23 heavy (non-hydrogen) atoms. The van der Waals surface area contributed by atoms with E-state index >= 15 is 0 Å². The Morgan fingerprint density at radius 3 is 2.70 bits per heavy atom. The van der Waals surface area contributed by atoms with Crippen molar-refractivity contribution in [2.45, 2.75) is 13.3 Å². The fraction of sp³-hybridized carbons (Fsp3) is 0.118. The zero-order valence-corrected chi connectivity index (χ0v) is 14.0. The molecule has 4 aromatic rings. The second-order valence-electron chi connectivity index (χ2n) is 5.09. The number of rotatable bonds is 4. The van der Waals surface area contributed by atoms with Gasteiger partial charge < -0.3 is 4.52 Å². The lowest BCUT2D eigenvalue weighted by Gasteiger charge is -1.98. The Balaban J connectivity index is 1.60. The molecular formula is C17H13N3OS2. The van der Waals surface area contributed by atoms with Crippen molar-refractivity contribution in [3.63, 3.8) is 0 Å². The number of pyridine rings is 1. The van der Waals surface area contributed by atoms with E-state index in [0.717, 1.165) is 10.6 Å². The molecule has 0 amide bonds. The van der Waals surface area contributed by atoms with Crippen molar-refractivity contribution in [1.29, 1.82) is 0 Å². The smallest absolute Gasteiger partial charge is 0.276 e. The minimum Gasteiger partial charge on any atom is -0.332 e. The van der Waals surface area contributed by atoms with Gasteiger partial charge in [0.15, 0.2) is 5.82 Å². The van der Waals surface area contributed by atoms with Crippen LogP contribution in [0.2, 0.25) is 0 Å². The van der Waals surface area contributed by atoms with Gasteiger partial charge in [0.1, 0.15) is 5.69 Å². The highest BCUT2D eigenvalue weighted by Crippen LogP contribution is 2.25. The van der Waals surface area contributed by atoms with Gasteiger partial charge in [0.05, 0.1) is 10.6 Å². The Morgan fingerprint density at radius 2 is 1.91 bits per heavy atom. The van der Waals surface area contributed by atoms with Crippen LogP contribution in [0, 0.1) is 6.92 Å². The van der Waals surface area contributed by atoms with Crippen LogP contribution in [-0.4, -0.2) is 15.1 Å². The fourth-order valence-electron chi connectivity index (χ4n) is 2.28. The highest BCUT2D eigenvalue weighted by molar-refractivity contribution is 7.13. The molecule has 4 heterocycles. The zero-order chi connectivity index (χ0) is 15.6. The van der Waals surface area contributed by atoms with E-state index in [9.17, 15) is 0 Å². The molecule has 4 rings (SSSR count). The Bertz CT molecular complexity index is 925. The Kier molecular flexibility index (Phi) is 3.77. The standard InChI is InChI=1S/C17H13N3OS2/c1-11-7-8-12(23-11)10-16-19-17(21-20-16)14-5-2-4-13(18-14)15-6-3-9-22-15/h2-9H,10H2,1H3. The van der Waals surface area contributed by atoms with E-state index in [1.54, 1.807) is 22.7 Å². The van der Waals surface area contributed by atoms with E-state index in [0.29, 0.717) is 23.8 Å². The first-order valence-corrected chi connectivity index (χ1v) is 8.87. The lowest BCUT2D eigenvalue weighted by Crippen LogP contribution is -1.89. The number of thiophene rings is 2. The molecule has 0 spiro atoms. The Labute approximate surface area is 141 Å². The van der Waals surface area contributed by atoms with Crippen LogP contribution in [0.15, 0.2) is 52.4 Å². The maximum atomic E-state index is 5.39. The topological polar surface area (TPSA) is 51.8 Å². The van der Waals surface area contributed by atoms with Gasteiger partial charge in [-0.3, -0.25) is 0 Å². The first-order valence-electron chi connectivity index (χ1n) is 7.17. The van der Waals surface area contributed by atoms with Gasteiger partial charge in [-0.1, -0.05) is 17.3 Å². The molecule has 0 unspecified atom stereocenters. The molecule has 0 aliphatic rings. The SMILES string of the molecule is Cc1ccc(Cc2noc(-c3cccc(-c4cccs4)n3)n2)s1. The van der Waals surface area contributed by atoms with Gasteiger partial charge in [-0.15, -0.1) is 22.7 Å². The van der Waals surface area contributed by atoms with Gasteiger partial charge in [0.2, 0.25) is 0 Å². The van der Waals surface area contributed by atoms with Crippen LogP contribution in [0.25, 0.3) is 22.2 Å². The van der Waals surface area contributed by atoms with E-state index in [1.807, 2.05) is 29.6 Å². The fourth-order valence-corrected chi connectivity index (χ4v) is 3.86. The monoisotopic (exact) mass is 339 g/mol. The van der Waals surface area contributed by atoms with Gasteiger partial charge in [-0.05, 0) is 42.6 Å². The van der Waals surface area contributed by atoms with Crippen LogP contribution < -0.4 is 0 Å².